The second kappa shape index (κ2) is 7.01. The summed E-state index contributed by atoms with van der Waals surface area (Å²) in [5.74, 6) is -0.764. The van der Waals surface area contributed by atoms with E-state index in [0.29, 0.717) is 27.0 Å². The first-order valence-corrected chi connectivity index (χ1v) is 8.54. The van der Waals surface area contributed by atoms with E-state index in [0.717, 1.165) is 17.8 Å². The van der Waals surface area contributed by atoms with E-state index >= 15 is 0 Å². The number of fused-ring (bicyclic) bond motifs is 1. The Hall–Kier alpha value is -1.76. The van der Waals surface area contributed by atoms with Crippen molar-refractivity contribution in [3.8, 4) is 0 Å². The van der Waals surface area contributed by atoms with Gasteiger partial charge in [-0.15, -0.1) is 0 Å². The highest BCUT2D eigenvalue weighted by molar-refractivity contribution is 8.00. The molecule has 0 aliphatic carbocycles. The highest BCUT2D eigenvalue weighted by Crippen LogP contribution is 2.29. The smallest absolute Gasteiger partial charge is 0.257 e. The number of thioether (sulfide) groups is 1. The molecular formula is C16H11Cl2FN2O2S. The molecule has 0 saturated heterocycles. The third kappa shape index (κ3) is 3.83. The maximum absolute atomic E-state index is 13.0. The molecule has 1 atom stereocenters. The van der Waals surface area contributed by atoms with E-state index in [9.17, 15) is 9.18 Å². The highest BCUT2D eigenvalue weighted by atomic mass is 35.5. The van der Waals surface area contributed by atoms with Crippen molar-refractivity contribution in [1.29, 1.82) is 0 Å². The van der Waals surface area contributed by atoms with Crippen molar-refractivity contribution in [2.24, 2.45) is 0 Å². The van der Waals surface area contributed by atoms with Crippen LogP contribution in [-0.4, -0.2) is 16.1 Å². The minimum absolute atomic E-state index is 0.136. The maximum Gasteiger partial charge on any atom is 0.257 e. The molecule has 1 aromatic heterocycles. The number of nitrogens with one attached hydrogen (secondary N) is 1. The van der Waals surface area contributed by atoms with Crippen molar-refractivity contribution in [3.05, 3.63) is 52.3 Å². The summed E-state index contributed by atoms with van der Waals surface area (Å²) in [6.07, 6.45) is 0. The van der Waals surface area contributed by atoms with Crippen LogP contribution in [-0.2, 0) is 4.79 Å². The summed E-state index contributed by atoms with van der Waals surface area (Å²) in [6, 6.07) is 8.90. The second-order valence-electron chi connectivity index (χ2n) is 4.97. The molecule has 0 unspecified atom stereocenters. The van der Waals surface area contributed by atoms with Crippen LogP contribution in [0.2, 0.25) is 10.0 Å². The molecule has 0 radical (unpaired) electrons. The van der Waals surface area contributed by atoms with Crippen molar-refractivity contribution < 1.29 is 13.6 Å². The molecule has 1 N–H and O–H groups in total. The monoisotopic (exact) mass is 384 g/mol. The maximum atomic E-state index is 13.0. The summed E-state index contributed by atoms with van der Waals surface area (Å²) >= 11 is 13.0. The van der Waals surface area contributed by atoms with E-state index in [1.165, 1.54) is 12.1 Å². The van der Waals surface area contributed by atoms with Crippen LogP contribution in [0.15, 0.2) is 46.0 Å². The lowest BCUT2D eigenvalue weighted by atomic mass is 10.3. The molecule has 0 aliphatic heterocycles. The Bertz CT molecular complexity index is 916. The van der Waals surface area contributed by atoms with Crippen LogP contribution in [0.25, 0.3) is 11.1 Å². The molecule has 3 rings (SSSR count). The van der Waals surface area contributed by atoms with Gasteiger partial charge in [-0.25, -0.2) is 9.37 Å². The highest BCUT2D eigenvalue weighted by Gasteiger charge is 2.19. The zero-order valence-electron chi connectivity index (χ0n) is 12.3. The van der Waals surface area contributed by atoms with Crippen LogP contribution in [0.4, 0.5) is 10.1 Å². The number of hydrogen-bond donors (Lipinski definition) is 1. The van der Waals surface area contributed by atoms with E-state index in [1.54, 1.807) is 25.1 Å². The molecule has 124 valence electrons. The van der Waals surface area contributed by atoms with Crippen LogP contribution < -0.4 is 5.32 Å². The number of rotatable bonds is 4. The Kier molecular flexibility index (Phi) is 4.99. The molecule has 0 bridgehead atoms. The Morgan fingerprint density at radius 1 is 1.29 bits per heavy atom. The number of anilines is 1. The van der Waals surface area contributed by atoms with E-state index in [4.69, 9.17) is 27.6 Å². The summed E-state index contributed by atoms with van der Waals surface area (Å²) in [4.78, 5) is 16.5. The Morgan fingerprint density at radius 3 is 2.83 bits per heavy atom. The van der Waals surface area contributed by atoms with Crippen LogP contribution in [0.3, 0.4) is 0 Å². The fourth-order valence-electron chi connectivity index (χ4n) is 1.96. The molecule has 24 heavy (non-hydrogen) atoms. The van der Waals surface area contributed by atoms with Gasteiger partial charge < -0.3 is 9.73 Å². The first-order valence-electron chi connectivity index (χ1n) is 6.91. The van der Waals surface area contributed by atoms with Gasteiger partial charge in [-0.1, -0.05) is 35.0 Å². The Labute approximate surface area is 151 Å². The molecule has 1 heterocycles. The van der Waals surface area contributed by atoms with Crippen molar-refractivity contribution in [1.82, 2.24) is 4.98 Å². The van der Waals surface area contributed by atoms with Gasteiger partial charge in [-0.3, -0.25) is 4.79 Å². The van der Waals surface area contributed by atoms with Crippen LogP contribution in [0.5, 0.6) is 0 Å². The number of amides is 1. The normalized spacial score (nSPS) is 12.3. The van der Waals surface area contributed by atoms with Crippen LogP contribution in [0, 0.1) is 5.82 Å². The van der Waals surface area contributed by atoms with Crippen LogP contribution in [0.1, 0.15) is 6.92 Å². The van der Waals surface area contributed by atoms with Gasteiger partial charge in [0.1, 0.15) is 11.3 Å². The van der Waals surface area contributed by atoms with Gasteiger partial charge in [0.25, 0.3) is 5.22 Å². The lowest BCUT2D eigenvalue weighted by Gasteiger charge is -2.11. The standard InChI is InChI=1S/C16H11Cl2FN2O2S/c1-8(15(22)20-12-5-3-10(19)7-11(12)18)24-16-21-13-4-2-9(17)6-14(13)23-16/h2-8H,1H3,(H,20,22)/t8-/m1/s1. The third-order valence-electron chi connectivity index (χ3n) is 3.17. The first kappa shape index (κ1) is 17.1. The lowest BCUT2D eigenvalue weighted by Crippen LogP contribution is -2.22. The zero-order chi connectivity index (χ0) is 17.3. The van der Waals surface area contributed by atoms with Gasteiger partial charge in [0.05, 0.1) is 16.0 Å². The van der Waals surface area contributed by atoms with Crippen molar-refractivity contribution >= 4 is 57.7 Å². The summed E-state index contributed by atoms with van der Waals surface area (Å²) in [7, 11) is 0. The molecule has 0 fully saturated rings. The number of hydrogen-bond acceptors (Lipinski definition) is 4. The number of nitrogens with zero attached hydrogens (tertiary/aromatic N) is 1. The predicted octanol–water partition coefficient (Wildman–Crippen LogP) is 5.39. The molecule has 1 amide bonds. The largest absolute Gasteiger partial charge is 0.431 e. The fourth-order valence-corrected chi connectivity index (χ4v) is 3.09. The van der Waals surface area contributed by atoms with E-state index < -0.39 is 11.1 Å². The molecule has 0 saturated carbocycles. The minimum Gasteiger partial charge on any atom is -0.431 e. The van der Waals surface area contributed by atoms with Gasteiger partial charge in [0, 0.05) is 11.1 Å². The van der Waals surface area contributed by atoms with Gasteiger partial charge >= 0.3 is 0 Å². The van der Waals surface area contributed by atoms with Gasteiger partial charge in [0.15, 0.2) is 5.58 Å². The van der Waals surface area contributed by atoms with Gasteiger partial charge in [0.2, 0.25) is 5.91 Å². The topological polar surface area (TPSA) is 55.1 Å². The Balaban J connectivity index is 1.70. The zero-order valence-corrected chi connectivity index (χ0v) is 14.7. The Morgan fingerprint density at radius 2 is 2.08 bits per heavy atom. The number of oxazole rings is 1. The molecule has 3 aromatic rings. The summed E-state index contributed by atoms with van der Waals surface area (Å²) in [5.41, 5.74) is 1.56. The number of carbonyl (C=O) groups is 1. The van der Waals surface area contributed by atoms with Crippen LogP contribution >= 0.6 is 35.0 Å². The number of benzene rings is 2. The summed E-state index contributed by atoms with van der Waals surface area (Å²) in [6.45, 7) is 1.71. The van der Waals surface area contributed by atoms with E-state index in [2.05, 4.69) is 10.3 Å². The average Bonchev–Trinajstić information content (AvgIpc) is 2.91. The predicted molar refractivity (Wildman–Crippen MR) is 94.4 cm³/mol. The number of halogens is 3. The molecule has 0 spiro atoms. The van der Waals surface area contributed by atoms with Crippen molar-refractivity contribution in [3.63, 3.8) is 0 Å². The molecular weight excluding hydrogens is 374 g/mol. The van der Waals surface area contributed by atoms with Crippen molar-refractivity contribution in [2.75, 3.05) is 5.32 Å². The number of aromatic nitrogens is 1. The summed E-state index contributed by atoms with van der Waals surface area (Å²) < 4.78 is 18.6. The fraction of sp³-hybridized carbons (Fsp3) is 0.125. The quantitative estimate of drug-likeness (QED) is 0.612. The lowest BCUT2D eigenvalue weighted by molar-refractivity contribution is -0.115. The minimum atomic E-state index is -0.491. The summed E-state index contributed by atoms with van der Waals surface area (Å²) in [5, 5.41) is 3.21. The van der Waals surface area contributed by atoms with Gasteiger partial charge in [-0.05, 0) is 37.3 Å². The van der Waals surface area contributed by atoms with E-state index in [1.807, 2.05) is 0 Å². The molecule has 2 aromatic carbocycles. The molecule has 4 nitrogen and oxygen atoms in total. The molecule has 8 heteroatoms. The average molecular weight is 385 g/mol. The van der Waals surface area contributed by atoms with E-state index in [-0.39, 0.29) is 10.9 Å². The number of carbonyl (C=O) groups excluding carboxylic acids is 1. The second-order valence-corrected chi connectivity index (χ2v) is 7.10. The van der Waals surface area contributed by atoms with Gasteiger partial charge in [-0.2, -0.15) is 0 Å². The SMILES string of the molecule is C[C@@H](Sc1nc2ccc(Cl)cc2o1)C(=O)Nc1ccc(F)cc1Cl. The molecule has 0 aliphatic rings. The van der Waals surface area contributed by atoms with Crippen molar-refractivity contribution in [2.45, 2.75) is 17.4 Å². The first-order chi connectivity index (χ1) is 11.4. The third-order valence-corrected chi connectivity index (χ3v) is 4.66.